The van der Waals surface area contributed by atoms with Crippen LogP contribution >= 0.6 is 0 Å². The standard InChI is InChI=1S/C18H27NO3.C17H20O2S.C16H18O2S.2C2H6/c1-17(2,3)13-6-8-14(9-7-13)22-15-10-11-19(12-15)16(20)18(4,5)21;1-17(2,3)13-14-9-11-16(12-10-14)20(18,19)15-7-5-4-6-8-15;1-16(2,3)13-9-11-15(12-10-13)19(17,18)14-7-5-4-6-8-14;2*1-2/h6-9,15,21H,10-12H2,1-5H3;4-12H,13H2,1-3H3;4-12H,1-3H3;2*1-2H3. The van der Waals surface area contributed by atoms with E-state index < -0.39 is 25.3 Å². The fourth-order valence-corrected chi connectivity index (χ4v) is 9.19. The van der Waals surface area contributed by atoms with Crippen molar-refractivity contribution in [1.82, 2.24) is 4.90 Å². The van der Waals surface area contributed by atoms with Gasteiger partial charge in [-0.25, -0.2) is 16.8 Å². The zero-order valence-corrected chi connectivity index (χ0v) is 43.4. The number of hydrogen-bond donors (Lipinski definition) is 1. The van der Waals surface area contributed by atoms with E-state index in [0.29, 0.717) is 32.7 Å². The van der Waals surface area contributed by atoms with Crippen molar-refractivity contribution < 1.29 is 31.5 Å². The van der Waals surface area contributed by atoms with Crippen LogP contribution in [0.5, 0.6) is 5.75 Å². The summed E-state index contributed by atoms with van der Waals surface area (Å²) in [6, 6.07) is 39.5. The molecule has 6 rings (SSSR count). The van der Waals surface area contributed by atoms with E-state index in [2.05, 4.69) is 74.4 Å². The first kappa shape index (κ1) is 56.4. The van der Waals surface area contributed by atoms with Crippen molar-refractivity contribution in [3.63, 3.8) is 0 Å². The number of aliphatic hydroxyl groups is 1. The Morgan fingerprint density at radius 2 is 0.908 bits per heavy atom. The predicted octanol–water partition coefficient (Wildman–Crippen LogP) is 12.7. The Labute approximate surface area is 393 Å². The highest BCUT2D eigenvalue weighted by Gasteiger charge is 2.35. The first-order valence-corrected chi connectivity index (χ1v) is 25.7. The maximum Gasteiger partial charge on any atom is 0.254 e. The number of nitrogens with zero attached hydrogens (tertiary/aromatic N) is 1. The zero-order chi connectivity index (χ0) is 49.4. The molecule has 0 radical (unpaired) electrons. The van der Waals surface area contributed by atoms with Crippen molar-refractivity contribution >= 4 is 25.6 Å². The summed E-state index contributed by atoms with van der Waals surface area (Å²) in [5.41, 5.74) is 2.58. The second-order valence-corrected chi connectivity index (χ2v) is 23.3. The van der Waals surface area contributed by atoms with Crippen LogP contribution < -0.4 is 4.74 Å². The average Bonchev–Trinajstić information content (AvgIpc) is 3.73. The highest BCUT2D eigenvalue weighted by molar-refractivity contribution is 7.91. The van der Waals surface area contributed by atoms with Gasteiger partial charge in [-0.1, -0.05) is 163 Å². The molecule has 1 saturated heterocycles. The Hall–Kier alpha value is -4.77. The van der Waals surface area contributed by atoms with Crippen LogP contribution in [0.1, 0.15) is 127 Å². The molecule has 8 nitrogen and oxygen atoms in total. The van der Waals surface area contributed by atoms with E-state index in [9.17, 15) is 26.7 Å². The first-order valence-electron chi connectivity index (χ1n) is 22.8. The topological polar surface area (TPSA) is 118 Å². The number of amides is 1. The molecule has 1 amide bonds. The van der Waals surface area contributed by atoms with Gasteiger partial charge >= 0.3 is 0 Å². The van der Waals surface area contributed by atoms with E-state index in [1.807, 2.05) is 76.2 Å². The van der Waals surface area contributed by atoms with Crippen LogP contribution in [0.3, 0.4) is 0 Å². The van der Waals surface area contributed by atoms with Crippen molar-refractivity contribution in [2.75, 3.05) is 13.1 Å². The summed E-state index contributed by atoms with van der Waals surface area (Å²) in [5, 5.41) is 9.80. The van der Waals surface area contributed by atoms with E-state index in [0.717, 1.165) is 29.7 Å². The molecule has 65 heavy (non-hydrogen) atoms. The molecule has 0 bridgehead atoms. The van der Waals surface area contributed by atoms with Gasteiger partial charge in [0.05, 0.1) is 26.1 Å². The Morgan fingerprint density at radius 3 is 1.26 bits per heavy atom. The molecule has 1 unspecified atom stereocenters. The average molecular weight is 928 g/mol. The van der Waals surface area contributed by atoms with Crippen LogP contribution in [0.2, 0.25) is 0 Å². The number of carbonyl (C=O) groups is 1. The molecule has 1 atom stereocenters. The molecular weight excluding hydrogens is 851 g/mol. The minimum atomic E-state index is -3.40. The third-order valence-electron chi connectivity index (χ3n) is 10.1. The molecule has 1 fully saturated rings. The normalized spacial score (nSPS) is 14.2. The minimum Gasteiger partial charge on any atom is -0.489 e. The molecule has 5 aromatic carbocycles. The lowest BCUT2D eigenvalue weighted by Gasteiger charge is -2.24. The van der Waals surface area contributed by atoms with Gasteiger partial charge in [0.2, 0.25) is 19.7 Å². The summed E-state index contributed by atoms with van der Waals surface area (Å²) < 4.78 is 55.6. The molecular formula is C55H77NO7S2. The first-order chi connectivity index (χ1) is 30.2. The third kappa shape index (κ3) is 17.5. The second kappa shape index (κ2) is 24.1. The van der Waals surface area contributed by atoms with Crippen molar-refractivity contribution in [1.29, 1.82) is 0 Å². The largest absolute Gasteiger partial charge is 0.489 e. The maximum absolute atomic E-state index is 12.4. The monoisotopic (exact) mass is 928 g/mol. The molecule has 1 heterocycles. The van der Waals surface area contributed by atoms with Crippen molar-refractivity contribution in [2.24, 2.45) is 5.41 Å². The van der Waals surface area contributed by atoms with Gasteiger partial charge in [0, 0.05) is 13.0 Å². The van der Waals surface area contributed by atoms with Crippen LogP contribution in [0, 0.1) is 5.41 Å². The lowest BCUT2D eigenvalue weighted by atomic mass is 9.87. The molecule has 1 aliphatic heterocycles. The summed E-state index contributed by atoms with van der Waals surface area (Å²) in [6.07, 6.45) is 1.72. The molecule has 356 valence electrons. The summed E-state index contributed by atoms with van der Waals surface area (Å²) in [7, 11) is -6.80. The summed E-state index contributed by atoms with van der Waals surface area (Å²) >= 11 is 0. The van der Waals surface area contributed by atoms with Gasteiger partial charge in [-0.15, -0.1) is 0 Å². The summed E-state index contributed by atoms with van der Waals surface area (Å²) in [4.78, 5) is 15.1. The van der Waals surface area contributed by atoms with E-state index in [1.54, 1.807) is 77.7 Å². The minimum absolute atomic E-state index is 0.00760. The number of hydrogen-bond acceptors (Lipinski definition) is 7. The number of benzene rings is 5. The fraction of sp³-hybridized carbons (Fsp3) is 0.436. The number of ether oxygens (including phenoxy) is 1. The van der Waals surface area contributed by atoms with Crippen LogP contribution in [-0.2, 0) is 41.7 Å². The van der Waals surface area contributed by atoms with Gasteiger partial charge in [-0.05, 0) is 114 Å². The summed E-state index contributed by atoms with van der Waals surface area (Å²) in [5.74, 6) is 0.595. The van der Waals surface area contributed by atoms with Crippen molar-refractivity contribution in [3.05, 3.63) is 150 Å². The quantitative estimate of drug-likeness (QED) is 0.165. The van der Waals surface area contributed by atoms with Gasteiger partial charge in [0.15, 0.2) is 0 Å². The molecule has 10 heteroatoms. The van der Waals surface area contributed by atoms with E-state index in [-0.39, 0.29) is 28.3 Å². The van der Waals surface area contributed by atoms with Gasteiger partial charge in [-0.2, -0.15) is 0 Å². The van der Waals surface area contributed by atoms with E-state index >= 15 is 0 Å². The van der Waals surface area contributed by atoms with Crippen LogP contribution in [-0.4, -0.2) is 57.5 Å². The Morgan fingerprint density at radius 1 is 0.554 bits per heavy atom. The zero-order valence-electron chi connectivity index (χ0n) is 41.8. The third-order valence-corrected chi connectivity index (χ3v) is 13.7. The molecule has 5 aromatic rings. The lowest BCUT2D eigenvalue weighted by molar-refractivity contribution is -0.146. The molecule has 1 aliphatic rings. The van der Waals surface area contributed by atoms with E-state index in [4.69, 9.17) is 4.74 Å². The Bertz CT molecular complexity index is 2390. The predicted molar refractivity (Wildman–Crippen MR) is 268 cm³/mol. The number of likely N-dealkylation sites (tertiary alicyclic amines) is 1. The molecule has 1 N–H and O–H groups in total. The number of sulfone groups is 2. The number of rotatable bonds is 8. The van der Waals surface area contributed by atoms with E-state index in [1.165, 1.54) is 19.4 Å². The molecule has 0 spiro atoms. The highest BCUT2D eigenvalue weighted by atomic mass is 32.2. The van der Waals surface area contributed by atoms with Crippen LogP contribution in [0.4, 0.5) is 0 Å². The summed E-state index contributed by atoms with van der Waals surface area (Å²) in [6.45, 7) is 31.6. The Balaban J connectivity index is 0.000000323. The Kier molecular flexibility index (Phi) is 20.9. The SMILES string of the molecule is CC.CC.CC(C)(C)Cc1ccc(S(=O)(=O)c2ccccc2)cc1.CC(C)(C)c1ccc(S(=O)(=O)c2ccccc2)cc1.CC(C)(O)C(=O)N1CCC(Oc2ccc(C(C)(C)C)cc2)C1. The van der Waals surface area contributed by atoms with Crippen molar-refractivity contribution in [3.8, 4) is 5.75 Å². The van der Waals surface area contributed by atoms with Gasteiger partial charge in [0.25, 0.3) is 5.91 Å². The highest BCUT2D eigenvalue weighted by Crippen LogP contribution is 2.29. The molecule has 0 aromatic heterocycles. The lowest BCUT2D eigenvalue weighted by Crippen LogP contribution is -2.44. The van der Waals surface area contributed by atoms with Crippen LogP contribution in [0.25, 0.3) is 0 Å². The van der Waals surface area contributed by atoms with Crippen LogP contribution in [0.15, 0.2) is 153 Å². The smallest absolute Gasteiger partial charge is 0.254 e. The number of carbonyl (C=O) groups excluding carboxylic acids is 1. The maximum atomic E-state index is 12.4. The van der Waals surface area contributed by atoms with Gasteiger partial charge in [-0.3, -0.25) is 4.79 Å². The molecule has 0 saturated carbocycles. The van der Waals surface area contributed by atoms with Gasteiger partial charge < -0.3 is 14.7 Å². The van der Waals surface area contributed by atoms with Gasteiger partial charge in [0.1, 0.15) is 17.5 Å². The van der Waals surface area contributed by atoms with Crippen molar-refractivity contribution in [2.45, 2.75) is 159 Å². The fourth-order valence-electron chi connectivity index (χ4n) is 6.63. The molecule has 0 aliphatic carbocycles. The second-order valence-electron chi connectivity index (χ2n) is 19.4.